The molecule has 1 aromatic carbocycles. The molecular weight excluding hydrogens is 300 g/mol. The molecule has 0 atom stereocenters. The Morgan fingerprint density at radius 1 is 1.04 bits per heavy atom. The third-order valence-corrected chi connectivity index (χ3v) is 5.74. The summed E-state index contributed by atoms with van der Waals surface area (Å²) in [5, 5.41) is 11.0. The molecule has 24 heavy (non-hydrogen) atoms. The van der Waals surface area contributed by atoms with E-state index in [0.29, 0.717) is 23.3 Å². The minimum atomic E-state index is -0.498. The van der Waals surface area contributed by atoms with Crippen molar-refractivity contribution in [3.8, 4) is 11.5 Å². The standard InChI is InChI=1S/C21H32O3/c1-10-18(22)24-15-11-16(20(6,7)13(2)3)19(23)17(12-15)21(8,9)14(4)5/h10-14,23H,1H2,2-9H3. The van der Waals surface area contributed by atoms with Crippen molar-refractivity contribution in [1.29, 1.82) is 0 Å². The normalized spacial score (nSPS) is 12.6. The van der Waals surface area contributed by atoms with E-state index in [1.54, 1.807) is 12.1 Å². The number of phenolic OH excluding ortho intramolecular Hbond substituents is 1. The Morgan fingerprint density at radius 3 is 1.71 bits per heavy atom. The zero-order valence-electron chi connectivity index (χ0n) is 16.4. The van der Waals surface area contributed by atoms with Crippen LogP contribution in [-0.4, -0.2) is 11.1 Å². The highest BCUT2D eigenvalue weighted by atomic mass is 16.5. The van der Waals surface area contributed by atoms with Gasteiger partial charge in [-0.1, -0.05) is 62.0 Å². The number of phenols is 1. The van der Waals surface area contributed by atoms with Crippen molar-refractivity contribution < 1.29 is 14.6 Å². The van der Waals surface area contributed by atoms with Crippen molar-refractivity contribution >= 4 is 5.97 Å². The SMILES string of the molecule is C=CC(=O)Oc1cc(C(C)(C)C(C)C)c(O)c(C(C)(C)C(C)C)c1. The lowest BCUT2D eigenvalue weighted by Gasteiger charge is -2.36. The maximum Gasteiger partial charge on any atom is 0.335 e. The third kappa shape index (κ3) is 3.82. The van der Waals surface area contributed by atoms with E-state index < -0.39 is 5.97 Å². The van der Waals surface area contributed by atoms with Gasteiger partial charge in [0.15, 0.2) is 0 Å². The van der Waals surface area contributed by atoms with E-state index >= 15 is 0 Å². The fourth-order valence-corrected chi connectivity index (χ4v) is 2.43. The zero-order chi connectivity index (χ0) is 18.9. The van der Waals surface area contributed by atoms with Crippen LogP contribution in [0.1, 0.15) is 66.5 Å². The predicted octanol–water partition coefficient (Wildman–Crippen LogP) is 5.35. The van der Waals surface area contributed by atoms with Crippen LogP contribution in [0.5, 0.6) is 11.5 Å². The number of carbonyl (C=O) groups is 1. The highest BCUT2D eigenvalue weighted by Gasteiger charge is 2.35. The van der Waals surface area contributed by atoms with Crippen LogP contribution in [0.25, 0.3) is 0 Å². The fraction of sp³-hybridized carbons (Fsp3) is 0.571. The number of benzene rings is 1. The third-order valence-electron chi connectivity index (χ3n) is 5.74. The highest BCUT2D eigenvalue weighted by Crippen LogP contribution is 2.46. The van der Waals surface area contributed by atoms with Gasteiger partial charge in [-0.15, -0.1) is 0 Å². The van der Waals surface area contributed by atoms with Gasteiger partial charge in [-0.05, 0) is 34.8 Å². The lowest BCUT2D eigenvalue weighted by atomic mass is 9.70. The fourth-order valence-electron chi connectivity index (χ4n) is 2.43. The molecule has 0 fully saturated rings. The maximum absolute atomic E-state index is 11.7. The molecule has 1 aromatic rings. The summed E-state index contributed by atoms with van der Waals surface area (Å²) in [7, 11) is 0. The van der Waals surface area contributed by atoms with Gasteiger partial charge in [0.1, 0.15) is 11.5 Å². The Balaban J connectivity index is 3.68. The van der Waals surface area contributed by atoms with E-state index in [1.165, 1.54) is 0 Å². The summed E-state index contributed by atoms with van der Waals surface area (Å²) in [5.41, 5.74) is 1.08. The summed E-state index contributed by atoms with van der Waals surface area (Å²) < 4.78 is 5.38. The van der Waals surface area contributed by atoms with Crippen molar-refractivity contribution in [3.63, 3.8) is 0 Å². The van der Waals surface area contributed by atoms with Crippen LogP contribution < -0.4 is 4.74 Å². The summed E-state index contributed by atoms with van der Waals surface area (Å²) in [6.07, 6.45) is 1.15. The molecule has 134 valence electrons. The number of aromatic hydroxyl groups is 1. The average molecular weight is 332 g/mol. The Bertz CT molecular complexity index is 581. The number of hydrogen-bond acceptors (Lipinski definition) is 3. The van der Waals surface area contributed by atoms with Gasteiger partial charge in [0.2, 0.25) is 0 Å². The molecule has 1 rings (SSSR count). The molecule has 0 aliphatic carbocycles. The van der Waals surface area contributed by atoms with Crippen LogP contribution in [0.15, 0.2) is 24.8 Å². The monoisotopic (exact) mass is 332 g/mol. The number of esters is 1. The van der Waals surface area contributed by atoms with Crippen molar-refractivity contribution in [2.45, 2.75) is 66.2 Å². The van der Waals surface area contributed by atoms with Crippen LogP contribution in [0.4, 0.5) is 0 Å². The Hall–Kier alpha value is -1.77. The second kappa shape index (κ2) is 7.00. The van der Waals surface area contributed by atoms with Crippen molar-refractivity contribution in [2.24, 2.45) is 11.8 Å². The van der Waals surface area contributed by atoms with Crippen LogP contribution in [0, 0.1) is 11.8 Å². The van der Waals surface area contributed by atoms with Crippen molar-refractivity contribution in [3.05, 3.63) is 35.9 Å². The topological polar surface area (TPSA) is 46.5 Å². The first-order valence-electron chi connectivity index (χ1n) is 8.57. The molecule has 3 nitrogen and oxygen atoms in total. The zero-order valence-corrected chi connectivity index (χ0v) is 16.4. The van der Waals surface area contributed by atoms with Crippen molar-refractivity contribution in [1.82, 2.24) is 0 Å². The molecule has 0 saturated carbocycles. The first-order chi connectivity index (χ1) is 10.9. The van der Waals surface area contributed by atoms with Gasteiger partial charge >= 0.3 is 5.97 Å². The number of carbonyl (C=O) groups excluding carboxylic acids is 1. The number of rotatable bonds is 6. The van der Waals surface area contributed by atoms with E-state index in [4.69, 9.17) is 4.74 Å². The molecule has 1 N–H and O–H groups in total. The predicted molar refractivity (Wildman–Crippen MR) is 99.7 cm³/mol. The molecule has 3 heteroatoms. The lowest BCUT2D eigenvalue weighted by Crippen LogP contribution is -2.28. The van der Waals surface area contributed by atoms with E-state index in [0.717, 1.165) is 17.2 Å². The van der Waals surface area contributed by atoms with Gasteiger partial charge in [0, 0.05) is 17.2 Å². The molecule has 0 radical (unpaired) electrons. The van der Waals surface area contributed by atoms with E-state index in [2.05, 4.69) is 62.0 Å². The minimum absolute atomic E-state index is 0.261. The lowest BCUT2D eigenvalue weighted by molar-refractivity contribution is -0.128. The first kappa shape index (κ1) is 20.3. The molecule has 0 spiro atoms. The van der Waals surface area contributed by atoms with E-state index in [1.807, 2.05) is 0 Å². The summed E-state index contributed by atoms with van der Waals surface area (Å²) in [6.45, 7) is 20.3. The summed E-state index contributed by atoms with van der Waals surface area (Å²) in [4.78, 5) is 11.7. The summed E-state index contributed by atoms with van der Waals surface area (Å²) in [5.74, 6) is 0.866. The largest absolute Gasteiger partial charge is 0.507 e. The van der Waals surface area contributed by atoms with Crippen LogP contribution in [0.2, 0.25) is 0 Å². The van der Waals surface area contributed by atoms with Crippen LogP contribution in [0.3, 0.4) is 0 Å². The van der Waals surface area contributed by atoms with Gasteiger partial charge in [-0.3, -0.25) is 0 Å². The van der Waals surface area contributed by atoms with Crippen LogP contribution >= 0.6 is 0 Å². The minimum Gasteiger partial charge on any atom is -0.507 e. The molecule has 0 unspecified atom stereocenters. The van der Waals surface area contributed by atoms with Crippen molar-refractivity contribution in [2.75, 3.05) is 0 Å². The number of hydrogen-bond donors (Lipinski definition) is 1. The Labute approximate surface area is 146 Å². The molecule has 0 aliphatic heterocycles. The van der Waals surface area contributed by atoms with Gasteiger partial charge in [0.05, 0.1) is 0 Å². The van der Waals surface area contributed by atoms with Gasteiger partial charge in [0.25, 0.3) is 0 Å². The molecule has 0 amide bonds. The maximum atomic E-state index is 11.7. The molecule has 0 aromatic heterocycles. The Morgan fingerprint density at radius 2 is 1.42 bits per heavy atom. The summed E-state index contributed by atoms with van der Waals surface area (Å²) >= 11 is 0. The second-order valence-electron chi connectivity index (χ2n) is 8.24. The Kier molecular flexibility index (Phi) is 5.91. The average Bonchev–Trinajstić information content (AvgIpc) is 2.47. The van der Waals surface area contributed by atoms with Gasteiger partial charge in [-0.2, -0.15) is 0 Å². The second-order valence-corrected chi connectivity index (χ2v) is 8.24. The quantitative estimate of drug-likeness (QED) is 0.434. The summed E-state index contributed by atoms with van der Waals surface area (Å²) in [6, 6.07) is 3.55. The van der Waals surface area contributed by atoms with E-state index in [-0.39, 0.29) is 10.8 Å². The number of ether oxygens (including phenoxy) is 1. The molecule has 0 heterocycles. The van der Waals surface area contributed by atoms with Crippen LogP contribution in [-0.2, 0) is 15.6 Å². The smallest absolute Gasteiger partial charge is 0.335 e. The molecule has 0 aliphatic rings. The van der Waals surface area contributed by atoms with Gasteiger partial charge in [-0.25, -0.2) is 4.79 Å². The molecule has 0 saturated heterocycles. The molecular formula is C21H32O3. The van der Waals surface area contributed by atoms with Gasteiger partial charge < -0.3 is 9.84 Å². The van der Waals surface area contributed by atoms with E-state index in [9.17, 15) is 9.90 Å². The first-order valence-corrected chi connectivity index (χ1v) is 8.57. The molecule has 0 bridgehead atoms. The highest BCUT2D eigenvalue weighted by molar-refractivity contribution is 5.83.